The van der Waals surface area contributed by atoms with E-state index in [1.54, 1.807) is 25.2 Å². The van der Waals surface area contributed by atoms with E-state index in [1.807, 2.05) is 0 Å². The van der Waals surface area contributed by atoms with Gasteiger partial charge in [0.25, 0.3) is 0 Å². The number of aromatic nitrogens is 3. The van der Waals surface area contributed by atoms with Gasteiger partial charge in [-0.3, -0.25) is 0 Å². The highest BCUT2D eigenvalue weighted by Crippen LogP contribution is 2.33. The second-order valence-corrected chi connectivity index (χ2v) is 8.97. The molecule has 0 spiro atoms. The molecule has 0 aliphatic rings. The van der Waals surface area contributed by atoms with Crippen LogP contribution in [-0.2, 0) is 22.5 Å². The van der Waals surface area contributed by atoms with Crippen LogP contribution in [0.5, 0.6) is 5.75 Å². The second kappa shape index (κ2) is 7.18. The molecule has 0 saturated heterocycles. The van der Waals surface area contributed by atoms with Crippen molar-refractivity contribution >= 4 is 9.84 Å². The zero-order valence-corrected chi connectivity index (χ0v) is 16.9. The van der Waals surface area contributed by atoms with Crippen LogP contribution in [0, 0.1) is 17.5 Å². The molecular formula is C19H18F3N3O3S. The zero-order valence-electron chi connectivity index (χ0n) is 16.1. The van der Waals surface area contributed by atoms with Gasteiger partial charge in [0.15, 0.2) is 44.5 Å². The molecule has 0 aliphatic carbocycles. The lowest BCUT2D eigenvalue weighted by molar-refractivity contribution is 0.0833. The molecular weight excluding hydrogens is 407 g/mol. The predicted octanol–water partition coefficient (Wildman–Crippen LogP) is 3.62. The highest BCUT2D eigenvalue weighted by atomic mass is 32.2. The molecule has 1 heterocycles. The number of benzene rings is 2. The highest BCUT2D eigenvalue weighted by molar-refractivity contribution is 7.90. The number of rotatable bonds is 5. The number of hydrogen-bond donors (Lipinski definition) is 0. The molecule has 10 heteroatoms. The summed E-state index contributed by atoms with van der Waals surface area (Å²) in [5.41, 5.74) is -1.05. The smallest absolute Gasteiger partial charge is 0.192 e. The predicted molar refractivity (Wildman–Crippen MR) is 99.5 cm³/mol. The number of hydrogen-bond acceptors (Lipinski definition) is 5. The monoisotopic (exact) mass is 425 g/mol. The van der Waals surface area contributed by atoms with E-state index >= 15 is 0 Å². The van der Waals surface area contributed by atoms with Crippen LogP contribution in [0.1, 0.15) is 19.7 Å². The van der Waals surface area contributed by atoms with E-state index in [2.05, 4.69) is 10.2 Å². The van der Waals surface area contributed by atoms with Crippen molar-refractivity contribution in [2.45, 2.75) is 24.3 Å². The van der Waals surface area contributed by atoms with Crippen molar-refractivity contribution in [2.24, 2.45) is 7.05 Å². The molecule has 0 atom stereocenters. The maximum absolute atomic E-state index is 14.0. The molecule has 0 fully saturated rings. The minimum atomic E-state index is -3.54. The molecule has 0 radical (unpaired) electrons. The third-order valence-electron chi connectivity index (χ3n) is 4.26. The fourth-order valence-electron chi connectivity index (χ4n) is 2.99. The molecule has 1 aromatic heterocycles. The van der Waals surface area contributed by atoms with E-state index in [9.17, 15) is 21.6 Å². The quantitative estimate of drug-likeness (QED) is 0.624. The lowest BCUT2D eigenvalue weighted by Crippen LogP contribution is -2.30. The lowest BCUT2D eigenvalue weighted by Gasteiger charge is -2.26. The number of sulfone groups is 1. The minimum Gasteiger partial charge on any atom is -0.474 e. The van der Waals surface area contributed by atoms with Crippen molar-refractivity contribution in [3.8, 4) is 17.1 Å². The Kier molecular flexibility index (Phi) is 5.16. The van der Waals surface area contributed by atoms with Gasteiger partial charge in [0.1, 0.15) is 5.82 Å². The van der Waals surface area contributed by atoms with Gasteiger partial charge in [-0.15, -0.1) is 10.2 Å². The molecule has 29 heavy (non-hydrogen) atoms. The van der Waals surface area contributed by atoms with Crippen LogP contribution in [0.15, 0.2) is 41.3 Å². The summed E-state index contributed by atoms with van der Waals surface area (Å²) >= 11 is 0. The van der Waals surface area contributed by atoms with Gasteiger partial charge in [0.2, 0.25) is 0 Å². The second-order valence-electron chi connectivity index (χ2n) is 6.99. The first kappa shape index (κ1) is 20.8. The summed E-state index contributed by atoms with van der Waals surface area (Å²) in [5, 5.41) is 8.08. The van der Waals surface area contributed by atoms with Crippen molar-refractivity contribution in [2.75, 3.05) is 6.26 Å². The summed E-state index contributed by atoms with van der Waals surface area (Å²) in [7, 11) is -1.96. The van der Waals surface area contributed by atoms with E-state index < -0.39 is 38.6 Å². The Morgan fingerprint density at radius 1 is 1.03 bits per heavy atom. The van der Waals surface area contributed by atoms with Crippen molar-refractivity contribution in [3.05, 3.63) is 59.7 Å². The van der Waals surface area contributed by atoms with Crippen LogP contribution in [0.25, 0.3) is 11.4 Å². The van der Waals surface area contributed by atoms with Crippen molar-refractivity contribution in [1.82, 2.24) is 14.8 Å². The first-order chi connectivity index (χ1) is 13.4. The van der Waals surface area contributed by atoms with E-state index in [-0.39, 0.29) is 16.5 Å². The van der Waals surface area contributed by atoms with Crippen LogP contribution in [0.4, 0.5) is 13.2 Å². The summed E-state index contributed by atoms with van der Waals surface area (Å²) in [5.74, 6) is -3.79. The fourth-order valence-corrected chi connectivity index (χ4v) is 3.87. The number of ether oxygens (including phenoxy) is 1. The topological polar surface area (TPSA) is 74.1 Å². The van der Waals surface area contributed by atoms with Gasteiger partial charge in [-0.25, -0.2) is 21.6 Å². The third-order valence-corrected chi connectivity index (χ3v) is 5.42. The van der Waals surface area contributed by atoms with Crippen LogP contribution in [0.3, 0.4) is 0 Å². The van der Waals surface area contributed by atoms with Crippen LogP contribution < -0.4 is 4.74 Å². The van der Waals surface area contributed by atoms with Crippen LogP contribution >= 0.6 is 0 Å². The van der Waals surface area contributed by atoms with Gasteiger partial charge in [-0.1, -0.05) is 12.1 Å². The molecule has 2 aromatic carbocycles. The van der Waals surface area contributed by atoms with Gasteiger partial charge in [0, 0.05) is 31.0 Å². The first-order valence-corrected chi connectivity index (χ1v) is 10.3. The average Bonchev–Trinajstić information content (AvgIpc) is 3.00. The molecule has 6 nitrogen and oxygen atoms in total. The Morgan fingerprint density at radius 2 is 1.62 bits per heavy atom. The van der Waals surface area contributed by atoms with Crippen LogP contribution in [0.2, 0.25) is 0 Å². The van der Waals surface area contributed by atoms with Crippen LogP contribution in [-0.4, -0.2) is 29.4 Å². The van der Waals surface area contributed by atoms with E-state index in [0.29, 0.717) is 17.7 Å². The lowest BCUT2D eigenvalue weighted by atomic mass is 10.1. The summed E-state index contributed by atoms with van der Waals surface area (Å²) in [6.07, 6.45) is 1.08. The number of nitrogens with zero attached hydrogens (tertiary/aromatic N) is 3. The Balaban J connectivity index is 2.06. The first-order valence-electron chi connectivity index (χ1n) is 8.44. The zero-order chi connectivity index (χ0) is 21.6. The van der Waals surface area contributed by atoms with Crippen molar-refractivity contribution < 1.29 is 26.3 Å². The summed E-state index contributed by atoms with van der Waals surface area (Å²) in [4.78, 5) is 0.0661. The van der Waals surface area contributed by atoms with Crippen molar-refractivity contribution in [3.63, 3.8) is 0 Å². The van der Waals surface area contributed by atoms with Gasteiger partial charge in [0.05, 0.1) is 4.90 Å². The summed E-state index contributed by atoms with van der Waals surface area (Å²) in [6, 6.07) is 7.30. The molecule has 3 rings (SSSR count). The fraction of sp³-hybridized carbons (Fsp3) is 0.263. The van der Waals surface area contributed by atoms with E-state index in [0.717, 1.165) is 6.26 Å². The molecule has 0 N–H and O–H groups in total. The van der Waals surface area contributed by atoms with Crippen molar-refractivity contribution in [1.29, 1.82) is 0 Å². The Morgan fingerprint density at radius 3 is 2.21 bits per heavy atom. The molecule has 0 saturated carbocycles. The summed E-state index contributed by atoms with van der Waals surface area (Å²) in [6.45, 7) is 3.01. The van der Waals surface area contributed by atoms with Gasteiger partial charge >= 0.3 is 0 Å². The maximum Gasteiger partial charge on any atom is 0.192 e. The molecule has 0 aliphatic heterocycles. The van der Waals surface area contributed by atoms with Gasteiger partial charge in [-0.2, -0.15) is 0 Å². The Labute approximate surface area is 165 Å². The molecule has 3 aromatic rings. The maximum atomic E-state index is 14.0. The van der Waals surface area contributed by atoms with Gasteiger partial charge in [-0.05, 0) is 26.0 Å². The Hall–Kier alpha value is -2.88. The highest BCUT2D eigenvalue weighted by Gasteiger charge is 2.33. The average molecular weight is 425 g/mol. The normalized spacial score (nSPS) is 12.2. The Bertz CT molecular complexity index is 1170. The van der Waals surface area contributed by atoms with E-state index in [4.69, 9.17) is 4.74 Å². The molecule has 154 valence electrons. The summed E-state index contributed by atoms with van der Waals surface area (Å²) < 4.78 is 72.3. The van der Waals surface area contributed by atoms with E-state index in [1.165, 1.54) is 24.5 Å². The minimum absolute atomic E-state index is 0.0661. The largest absolute Gasteiger partial charge is 0.474 e. The SMILES string of the molecule is Cn1c(-c2ccccc2S(C)(=O)=O)nnc1C(C)(C)Oc1c(F)cc(F)cc1F. The third kappa shape index (κ3) is 3.98. The van der Waals surface area contributed by atoms with Gasteiger partial charge < -0.3 is 9.30 Å². The molecule has 0 amide bonds. The number of halogens is 3. The standard InChI is InChI=1S/C19H18F3N3O3S/c1-19(2,28-16-13(21)9-11(20)10-14(16)22)18-24-23-17(25(18)3)12-7-5-6-8-15(12)29(4,26)27/h5-10H,1-4H3. The molecule has 0 bridgehead atoms. The molecule has 0 unspecified atom stereocenters.